The molecule has 17 heavy (non-hydrogen) atoms. The Kier molecular flexibility index (Phi) is 3.58. The SMILES string of the molecule is CC(C)OC(=O)c1c[nH]c2cc(Br)c(Br)cc12. The summed E-state index contributed by atoms with van der Waals surface area (Å²) in [5.74, 6) is -0.305. The van der Waals surface area contributed by atoms with E-state index in [1.165, 1.54) is 0 Å². The molecule has 0 fully saturated rings. The lowest BCUT2D eigenvalue weighted by Crippen LogP contribution is -2.11. The predicted molar refractivity (Wildman–Crippen MR) is 74.3 cm³/mol. The standard InChI is InChI=1S/C12H11Br2NO2/c1-6(2)17-12(16)8-5-15-11-4-10(14)9(13)3-7(8)11/h3-6,15H,1-2H3. The van der Waals surface area contributed by atoms with Crippen molar-refractivity contribution in [2.45, 2.75) is 20.0 Å². The van der Waals surface area contributed by atoms with Gasteiger partial charge in [-0.2, -0.15) is 0 Å². The number of rotatable bonds is 2. The number of benzene rings is 1. The molecule has 0 bridgehead atoms. The van der Waals surface area contributed by atoms with Crippen LogP contribution in [0.1, 0.15) is 24.2 Å². The molecule has 1 aromatic carbocycles. The van der Waals surface area contributed by atoms with Crippen LogP contribution >= 0.6 is 31.9 Å². The van der Waals surface area contributed by atoms with Gasteiger partial charge >= 0.3 is 5.97 Å². The maximum atomic E-state index is 11.9. The largest absolute Gasteiger partial charge is 0.459 e. The second-order valence-corrected chi connectivity index (χ2v) is 5.68. The van der Waals surface area contributed by atoms with Crippen LogP contribution in [0.2, 0.25) is 0 Å². The van der Waals surface area contributed by atoms with Crippen LogP contribution in [0.3, 0.4) is 0 Å². The van der Waals surface area contributed by atoms with Crippen molar-refractivity contribution in [2.75, 3.05) is 0 Å². The zero-order chi connectivity index (χ0) is 12.6. The van der Waals surface area contributed by atoms with Crippen LogP contribution < -0.4 is 0 Å². The minimum absolute atomic E-state index is 0.119. The molecule has 90 valence electrons. The van der Waals surface area contributed by atoms with E-state index in [-0.39, 0.29) is 12.1 Å². The van der Waals surface area contributed by atoms with E-state index < -0.39 is 0 Å². The second kappa shape index (κ2) is 4.82. The minimum atomic E-state index is -0.305. The zero-order valence-corrected chi connectivity index (χ0v) is 12.6. The van der Waals surface area contributed by atoms with E-state index in [0.717, 1.165) is 19.8 Å². The van der Waals surface area contributed by atoms with Crippen LogP contribution in [-0.4, -0.2) is 17.1 Å². The number of carbonyl (C=O) groups is 1. The molecule has 0 saturated carbocycles. The molecule has 0 unspecified atom stereocenters. The molecule has 1 aromatic heterocycles. The van der Waals surface area contributed by atoms with E-state index in [0.29, 0.717) is 5.56 Å². The molecule has 0 amide bonds. The van der Waals surface area contributed by atoms with Gasteiger partial charge in [0.1, 0.15) is 0 Å². The van der Waals surface area contributed by atoms with Gasteiger partial charge in [0, 0.05) is 26.0 Å². The molecule has 1 N–H and O–H groups in total. The topological polar surface area (TPSA) is 42.1 Å². The Morgan fingerprint density at radius 1 is 1.29 bits per heavy atom. The van der Waals surface area contributed by atoms with E-state index in [4.69, 9.17) is 4.74 Å². The number of ether oxygens (including phenoxy) is 1. The van der Waals surface area contributed by atoms with Gasteiger partial charge in [-0.25, -0.2) is 4.79 Å². The summed E-state index contributed by atoms with van der Waals surface area (Å²) in [6, 6.07) is 3.82. The van der Waals surface area contributed by atoms with Crippen molar-refractivity contribution in [2.24, 2.45) is 0 Å². The van der Waals surface area contributed by atoms with Crippen molar-refractivity contribution >= 4 is 48.7 Å². The molecule has 0 spiro atoms. The first kappa shape index (κ1) is 12.6. The molecule has 0 atom stereocenters. The summed E-state index contributed by atoms with van der Waals surface area (Å²) in [4.78, 5) is 14.9. The maximum Gasteiger partial charge on any atom is 0.340 e. The van der Waals surface area contributed by atoms with Gasteiger partial charge in [-0.1, -0.05) is 0 Å². The second-order valence-electron chi connectivity index (χ2n) is 3.97. The Morgan fingerprint density at radius 2 is 1.94 bits per heavy atom. The number of fused-ring (bicyclic) bond motifs is 1. The third kappa shape index (κ3) is 2.55. The van der Waals surface area contributed by atoms with Crippen LogP contribution in [0.5, 0.6) is 0 Å². The van der Waals surface area contributed by atoms with Gasteiger partial charge < -0.3 is 9.72 Å². The van der Waals surface area contributed by atoms with Gasteiger partial charge in [-0.15, -0.1) is 0 Å². The van der Waals surface area contributed by atoms with Gasteiger partial charge in [0.05, 0.1) is 11.7 Å². The van der Waals surface area contributed by atoms with Crippen molar-refractivity contribution < 1.29 is 9.53 Å². The highest BCUT2D eigenvalue weighted by Gasteiger charge is 2.15. The number of carbonyl (C=O) groups excluding carboxylic acids is 1. The first-order valence-electron chi connectivity index (χ1n) is 5.16. The summed E-state index contributed by atoms with van der Waals surface area (Å²) in [6.07, 6.45) is 1.56. The molecule has 2 rings (SSSR count). The van der Waals surface area contributed by atoms with Crippen molar-refractivity contribution in [3.63, 3.8) is 0 Å². The number of hydrogen-bond donors (Lipinski definition) is 1. The predicted octanol–water partition coefficient (Wildman–Crippen LogP) is 4.26. The molecule has 0 aliphatic rings. The Morgan fingerprint density at radius 3 is 2.59 bits per heavy atom. The van der Waals surface area contributed by atoms with Crippen LogP contribution in [0.4, 0.5) is 0 Å². The Labute approximate surface area is 116 Å². The number of hydrogen-bond acceptors (Lipinski definition) is 2. The molecule has 0 radical (unpaired) electrons. The number of nitrogens with one attached hydrogen (secondary N) is 1. The highest BCUT2D eigenvalue weighted by molar-refractivity contribution is 9.13. The summed E-state index contributed by atoms with van der Waals surface area (Å²) < 4.78 is 7.03. The first-order chi connectivity index (χ1) is 7.99. The fourth-order valence-electron chi connectivity index (χ4n) is 1.56. The quantitative estimate of drug-likeness (QED) is 0.813. The third-order valence-electron chi connectivity index (χ3n) is 2.29. The number of esters is 1. The Bertz CT molecular complexity index is 575. The summed E-state index contributed by atoms with van der Waals surface area (Å²) in [6.45, 7) is 3.67. The van der Waals surface area contributed by atoms with Gasteiger partial charge in [0.25, 0.3) is 0 Å². The third-order valence-corrected chi connectivity index (χ3v) is 4.13. The van der Waals surface area contributed by atoms with Crippen molar-refractivity contribution in [1.82, 2.24) is 4.98 Å². The van der Waals surface area contributed by atoms with Gasteiger partial charge in [0.15, 0.2) is 0 Å². The lowest BCUT2D eigenvalue weighted by Gasteiger charge is -2.06. The molecule has 0 aliphatic heterocycles. The summed E-state index contributed by atoms with van der Waals surface area (Å²) in [7, 11) is 0. The van der Waals surface area contributed by atoms with Crippen molar-refractivity contribution in [3.05, 3.63) is 32.8 Å². The molecule has 1 heterocycles. The van der Waals surface area contributed by atoms with Gasteiger partial charge in [-0.05, 0) is 57.8 Å². The number of H-pyrrole nitrogens is 1. The molecule has 2 aromatic rings. The van der Waals surface area contributed by atoms with Crippen LogP contribution in [0.25, 0.3) is 10.9 Å². The molecular formula is C12H11Br2NO2. The van der Waals surface area contributed by atoms with Gasteiger partial charge in [0.2, 0.25) is 0 Å². The number of aromatic nitrogens is 1. The van der Waals surface area contributed by atoms with Gasteiger partial charge in [-0.3, -0.25) is 0 Å². The zero-order valence-electron chi connectivity index (χ0n) is 9.38. The fraction of sp³-hybridized carbons (Fsp3) is 0.250. The Hall–Kier alpha value is -0.810. The molecule has 5 heteroatoms. The molecule has 3 nitrogen and oxygen atoms in total. The van der Waals surface area contributed by atoms with Crippen LogP contribution in [0.15, 0.2) is 27.3 Å². The van der Waals surface area contributed by atoms with E-state index in [1.807, 2.05) is 26.0 Å². The average Bonchev–Trinajstić information content (AvgIpc) is 2.60. The molecule has 0 aliphatic carbocycles. The lowest BCUT2D eigenvalue weighted by molar-refractivity contribution is 0.0380. The smallest absolute Gasteiger partial charge is 0.340 e. The van der Waals surface area contributed by atoms with Crippen LogP contribution in [0, 0.1) is 0 Å². The average molecular weight is 361 g/mol. The monoisotopic (exact) mass is 359 g/mol. The summed E-state index contributed by atoms with van der Waals surface area (Å²) in [5, 5.41) is 0.853. The van der Waals surface area contributed by atoms with Crippen LogP contribution in [-0.2, 0) is 4.74 Å². The van der Waals surface area contributed by atoms with E-state index in [2.05, 4.69) is 36.8 Å². The van der Waals surface area contributed by atoms with E-state index in [1.54, 1.807) is 6.20 Å². The lowest BCUT2D eigenvalue weighted by atomic mass is 10.2. The highest BCUT2D eigenvalue weighted by Crippen LogP contribution is 2.30. The minimum Gasteiger partial charge on any atom is -0.459 e. The molecule has 0 saturated heterocycles. The normalized spacial score (nSPS) is 11.1. The van der Waals surface area contributed by atoms with E-state index >= 15 is 0 Å². The summed E-state index contributed by atoms with van der Waals surface area (Å²) >= 11 is 6.84. The maximum absolute atomic E-state index is 11.9. The first-order valence-corrected chi connectivity index (χ1v) is 6.74. The number of halogens is 2. The highest BCUT2D eigenvalue weighted by atomic mass is 79.9. The number of aromatic amines is 1. The van der Waals surface area contributed by atoms with Crippen molar-refractivity contribution in [1.29, 1.82) is 0 Å². The van der Waals surface area contributed by atoms with E-state index in [9.17, 15) is 4.79 Å². The summed E-state index contributed by atoms with van der Waals surface area (Å²) in [5.41, 5.74) is 1.46. The fourth-order valence-corrected chi connectivity index (χ4v) is 2.25. The Balaban J connectivity index is 2.49. The van der Waals surface area contributed by atoms with Crippen molar-refractivity contribution in [3.8, 4) is 0 Å². The molecular weight excluding hydrogens is 350 g/mol.